The van der Waals surface area contributed by atoms with E-state index in [0.29, 0.717) is 4.90 Å². The maximum Gasteiger partial charge on any atom is 0.416 e. The van der Waals surface area contributed by atoms with Crippen molar-refractivity contribution in [3.8, 4) is 0 Å². The number of halogens is 3. The summed E-state index contributed by atoms with van der Waals surface area (Å²) in [7, 11) is 0. The molecule has 2 aromatic carbocycles. The molecule has 0 aliphatic carbocycles. The smallest absolute Gasteiger partial charge is 0.403 e. The Bertz CT molecular complexity index is 826. The van der Waals surface area contributed by atoms with Gasteiger partial charge in [0, 0.05) is 43.0 Å². The van der Waals surface area contributed by atoms with Crippen molar-refractivity contribution in [1.82, 2.24) is 9.62 Å². The molecular formula is C20H24F3N5S. The Morgan fingerprint density at radius 1 is 1.21 bits per heavy atom. The Hall–Kier alpha value is -2.20. The molecule has 0 saturated carbocycles. The summed E-state index contributed by atoms with van der Waals surface area (Å²) in [6.45, 7) is 2.58. The number of nitrogens with one attached hydrogen (secondary N) is 1. The number of nitrogens with zero attached hydrogens (tertiary/aromatic N) is 2. The molecule has 1 aliphatic heterocycles. The second kappa shape index (κ2) is 9.53. The molecule has 0 radical (unpaired) electrons. The lowest BCUT2D eigenvalue weighted by Gasteiger charge is -2.18. The number of rotatable bonds is 7. The zero-order valence-electron chi connectivity index (χ0n) is 15.8. The largest absolute Gasteiger partial charge is 0.416 e. The first-order valence-corrected chi connectivity index (χ1v) is 10.00. The topological polar surface area (TPSA) is 70.5 Å². The Balaban J connectivity index is 1.48. The predicted molar refractivity (Wildman–Crippen MR) is 111 cm³/mol. The highest BCUT2D eigenvalue weighted by atomic mass is 32.2. The quantitative estimate of drug-likeness (QED) is 0.359. The number of nitrogens with two attached hydrogens (primary N) is 2. The van der Waals surface area contributed by atoms with E-state index in [1.165, 1.54) is 40.9 Å². The summed E-state index contributed by atoms with van der Waals surface area (Å²) in [5, 5.41) is 1.45. The summed E-state index contributed by atoms with van der Waals surface area (Å²) in [6, 6.07) is 13.5. The maximum absolute atomic E-state index is 12.8. The molecule has 1 saturated heterocycles. The second-order valence-corrected chi connectivity index (χ2v) is 7.79. The van der Waals surface area contributed by atoms with E-state index in [9.17, 15) is 13.2 Å². The monoisotopic (exact) mass is 423 g/mol. The van der Waals surface area contributed by atoms with Gasteiger partial charge in [-0.25, -0.2) is 5.84 Å². The number of hydrogen-bond acceptors (Lipinski definition) is 6. The van der Waals surface area contributed by atoms with Crippen molar-refractivity contribution in [3.05, 3.63) is 72.1 Å². The van der Waals surface area contributed by atoms with E-state index in [0.717, 1.165) is 37.8 Å². The van der Waals surface area contributed by atoms with E-state index in [-0.39, 0.29) is 6.04 Å². The van der Waals surface area contributed by atoms with Crippen LogP contribution >= 0.6 is 11.9 Å². The highest BCUT2D eigenvalue weighted by Crippen LogP contribution is 2.31. The van der Waals surface area contributed by atoms with Gasteiger partial charge in [0.25, 0.3) is 0 Å². The molecule has 0 spiro atoms. The lowest BCUT2D eigenvalue weighted by atomic mass is 10.2. The van der Waals surface area contributed by atoms with Crippen LogP contribution in [-0.2, 0) is 12.7 Å². The first kappa shape index (κ1) is 21.5. The number of likely N-dealkylation sites (tertiary alicyclic amines) is 1. The third-order valence-corrected chi connectivity index (χ3v) is 5.61. The maximum atomic E-state index is 12.8. The van der Waals surface area contributed by atoms with Gasteiger partial charge in [-0.15, -0.1) is 0 Å². The van der Waals surface area contributed by atoms with Crippen molar-refractivity contribution < 1.29 is 13.2 Å². The molecule has 156 valence electrons. The van der Waals surface area contributed by atoms with Crippen LogP contribution in [0.5, 0.6) is 0 Å². The zero-order valence-corrected chi connectivity index (χ0v) is 16.6. The number of hydrogen-bond donors (Lipinski definition) is 3. The van der Waals surface area contributed by atoms with Crippen molar-refractivity contribution >= 4 is 17.6 Å². The van der Waals surface area contributed by atoms with Crippen molar-refractivity contribution in [2.45, 2.75) is 30.1 Å². The molecule has 1 heterocycles. The van der Waals surface area contributed by atoms with Crippen LogP contribution in [0.4, 0.5) is 18.9 Å². The summed E-state index contributed by atoms with van der Waals surface area (Å²) in [6.07, 6.45) is -0.420. The molecule has 29 heavy (non-hydrogen) atoms. The lowest BCUT2D eigenvalue weighted by molar-refractivity contribution is -0.137. The molecule has 0 amide bonds. The van der Waals surface area contributed by atoms with E-state index in [2.05, 4.69) is 9.62 Å². The molecule has 0 bridgehead atoms. The summed E-state index contributed by atoms with van der Waals surface area (Å²) in [5.74, 6) is 5.83. The molecule has 0 aromatic heterocycles. The van der Waals surface area contributed by atoms with Crippen LogP contribution in [-0.4, -0.2) is 24.0 Å². The third-order valence-electron chi connectivity index (χ3n) is 4.66. The molecule has 5 nitrogen and oxygen atoms in total. The van der Waals surface area contributed by atoms with Gasteiger partial charge >= 0.3 is 6.18 Å². The fraction of sp³-hybridized carbons (Fsp3) is 0.300. The summed E-state index contributed by atoms with van der Waals surface area (Å²) in [4.78, 5) is 2.88. The Kier molecular flexibility index (Phi) is 7.07. The molecule has 2 aromatic rings. The fourth-order valence-electron chi connectivity index (χ4n) is 3.17. The fourth-order valence-corrected chi connectivity index (χ4v) is 4.00. The summed E-state index contributed by atoms with van der Waals surface area (Å²) >= 11 is 1.25. The van der Waals surface area contributed by atoms with E-state index < -0.39 is 11.7 Å². The number of anilines is 1. The van der Waals surface area contributed by atoms with Gasteiger partial charge in [-0.2, -0.15) is 13.2 Å². The van der Waals surface area contributed by atoms with Gasteiger partial charge in [-0.05, 0) is 54.3 Å². The molecule has 1 aliphatic rings. The van der Waals surface area contributed by atoms with E-state index in [4.69, 9.17) is 11.6 Å². The van der Waals surface area contributed by atoms with Crippen LogP contribution in [0.25, 0.3) is 0 Å². The number of benzene rings is 2. The average molecular weight is 424 g/mol. The summed E-state index contributed by atoms with van der Waals surface area (Å²) in [5.41, 5.74) is 6.73. The first-order chi connectivity index (χ1) is 13.8. The standard InChI is InChI=1S/C20H24F3N5S/c21-20(22,23)16-2-1-3-19(12-16)29-26-17-8-10-27(14-17)13-15-4-6-18(7-5-15)28(25)11-9-24/h1-7,9,11-12,17,26H,8,10,13-14,24-25H2/b11-9-. The van der Waals surface area contributed by atoms with Gasteiger partial charge in [0.2, 0.25) is 0 Å². The molecule has 1 unspecified atom stereocenters. The zero-order chi connectivity index (χ0) is 20.9. The first-order valence-electron chi connectivity index (χ1n) is 9.18. The minimum absolute atomic E-state index is 0.225. The Morgan fingerprint density at radius 3 is 2.66 bits per heavy atom. The van der Waals surface area contributed by atoms with Crippen LogP contribution in [0, 0.1) is 0 Å². The Labute approximate surface area is 172 Å². The van der Waals surface area contributed by atoms with Gasteiger partial charge in [0.15, 0.2) is 0 Å². The molecule has 9 heteroatoms. The van der Waals surface area contributed by atoms with Gasteiger partial charge in [0.1, 0.15) is 0 Å². The van der Waals surface area contributed by atoms with E-state index in [1.807, 2.05) is 24.3 Å². The molecule has 1 fully saturated rings. The van der Waals surface area contributed by atoms with Gasteiger partial charge in [-0.1, -0.05) is 18.2 Å². The predicted octanol–water partition coefficient (Wildman–Crippen LogP) is 3.69. The van der Waals surface area contributed by atoms with Crippen LogP contribution in [0.3, 0.4) is 0 Å². The van der Waals surface area contributed by atoms with Crippen molar-refractivity contribution in [3.63, 3.8) is 0 Å². The molecule has 3 rings (SSSR count). The minimum atomic E-state index is -4.32. The number of alkyl halides is 3. The highest BCUT2D eigenvalue weighted by molar-refractivity contribution is 7.97. The Morgan fingerprint density at radius 2 is 1.97 bits per heavy atom. The molecular weight excluding hydrogens is 399 g/mol. The van der Waals surface area contributed by atoms with E-state index in [1.54, 1.807) is 12.3 Å². The second-order valence-electron chi connectivity index (χ2n) is 6.88. The van der Waals surface area contributed by atoms with Crippen LogP contribution in [0.1, 0.15) is 17.5 Å². The minimum Gasteiger partial charge on any atom is -0.403 e. The average Bonchev–Trinajstić information content (AvgIpc) is 3.14. The highest BCUT2D eigenvalue weighted by Gasteiger charge is 2.30. The van der Waals surface area contributed by atoms with Gasteiger partial charge in [0.05, 0.1) is 11.3 Å². The van der Waals surface area contributed by atoms with E-state index >= 15 is 0 Å². The van der Waals surface area contributed by atoms with Crippen LogP contribution in [0.15, 0.2) is 65.8 Å². The van der Waals surface area contributed by atoms with Crippen molar-refractivity contribution in [2.75, 3.05) is 18.1 Å². The molecule has 5 N–H and O–H groups in total. The molecule has 1 atom stereocenters. The SMILES string of the molecule is N/C=C\N(N)c1ccc(CN2CCC(NSc3cccc(C(F)(F)F)c3)C2)cc1. The van der Waals surface area contributed by atoms with Gasteiger partial charge in [-0.3, -0.25) is 14.6 Å². The summed E-state index contributed by atoms with van der Waals surface area (Å²) < 4.78 is 41.8. The normalized spacial score (nSPS) is 17.9. The lowest BCUT2D eigenvalue weighted by Crippen LogP contribution is -2.28. The number of hydrazine groups is 1. The van der Waals surface area contributed by atoms with Gasteiger partial charge < -0.3 is 5.73 Å². The van der Waals surface area contributed by atoms with Crippen molar-refractivity contribution in [2.24, 2.45) is 11.6 Å². The third kappa shape index (κ3) is 6.14. The van der Waals surface area contributed by atoms with Crippen molar-refractivity contribution in [1.29, 1.82) is 0 Å². The van der Waals surface area contributed by atoms with Crippen LogP contribution in [0.2, 0.25) is 0 Å². The van der Waals surface area contributed by atoms with Crippen LogP contribution < -0.4 is 21.3 Å².